The van der Waals surface area contributed by atoms with Gasteiger partial charge in [0.2, 0.25) is 0 Å². The molecule has 4 nitrogen and oxygen atoms in total. The molecule has 0 atom stereocenters. The van der Waals surface area contributed by atoms with Crippen molar-refractivity contribution in [2.45, 2.75) is 6.17 Å². The van der Waals surface area contributed by atoms with Gasteiger partial charge in [-0.25, -0.2) is 0 Å². The number of nitrogens with one attached hydrogen (secondary N) is 1. The number of nitrogens with zero attached hydrogens (tertiary/aromatic N) is 2. The number of aldehydes is 1. The summed E-state index contributed by atoms with van der Waals surface area (Å²) < 4.78 is 0. The second kappa shape index (κ2) is 3.09. The Hall–Kier alpha value is -0.450. The Kier molecular flexibility index (Phi) is 2.37. The van der Waals surface area contributed by atoms with Crippen LogP contribution < -0.4 is 5.32 Å². The summed E-state index contributed by atoms with van der Waals surface area (Å²) in [7, 11) is 3.84. The summed E-state index contributed by atoms with van der Waals surface area (Å²) in [5.41, 5.74) is 0. The van der Waals surface area contributed by atoms with Crippen molar-refractivity contribution in [3.8, 4) is 0 Å². The van der Waals surface area contributed by atoms with Crippen molar-refractivity contribution in [2.24, 2.45) is 0 Å². The maximum absolute atomic E-state index is 10.5. The minimum Gasteiger partial charge on any atom is -0.300 e. The van der Waals surface area contributed by atoms with E-state index in [1.165, 1.54) is 0 Å². The topological polar surface area (TPSA) is 35.6 Å². The van der Waals surface area contributed by atoms with Crippen molar-refractivity contribution in [3.05, 3.63) is 0 Å². The molecule has 0 amide bonds. The first-order valence-corrected chi connectivity index (χ1v) is 3.32. The van der Waals surface area contributed by atoms with E-state index < -0.39 is 0 Å². The lowest BCUT2D eigenvalue weighted by molar-refractivity contribution is -0.120. The highest BCUT2D eigenvalue weighted by molar-refractivity contribution is 5.56. The molecule has 0 aliphatic carbocycles. The molecule has 1 rings (SSSR count). The van der Waals surface area contributed by atoms with Gasteiger partial charge in [0.1, 0.15) is 6.17 Å². The van der Waals surface area contributed by atoms with E-state index in [1.54, 1.807) is 0 Å². The summed E-state index contributed by atoms with van der Waals surface area (Å²) in [6.07, 6.45) is 0.905. The Morgan fingerprint density at radius 1 is 1.40 bits per heavy atom. The molecule has 1 aliphatic heterocycles. The van der Waals surface area contributed by atoms with Crippen LogP contribution in [0.3, 0.4) is 0 Å². The zero-order valence-electron chi connectivity index (χ0n) is 6.37. The summed E-state index contributed by atoms with van der Waals surface area (Å²) in [5, 5.41) is 3.14. The van der Waals surface area contributed by atoms with Gasteiger partial charge in [-0.05, 0) is 14.1 Å². The van der Waals surface area contributed by atoms with Crippen molar-refractivity contribution in [1.82, 2.24) is 15.1 Å². The SMILES string of the molecule is CN1CNCN(C)C1C=O. The van der Waals surface area contributed by atoms with Gasteiger partial charge in [-0.15, -0.1) is 0 Å². The quantitative estimate of drug-likeness (QED) is 0.472. The monoisotopic (exact) mass is 143 g/mol. The van der Waals surface area contributed by atoms with Crippen LogP contribution in [-0.4, -0.2) is 49.7 Å². The largest absolute Gasteiger partial charge is 0.300 e. The molecule has 0 aromatic heterocycles. The van der Waals surface area contributed by atoms with E-state index in [4.69, 9.17) is 0 Å². The molecule has 1 saturated heterocycles. The number of hydrogen-bond donors (Lipinski definition) is 1. The second-order valence-electron chi connectivity index (χ2n) is 2.63. The van der Waals surface area contributed by atoms with Gasteiger partial charge in [0.25, 0.3) is 0 Å². The number of rotatable bonds is 1. The van der Waals surface area contributed by atoms with Gasteiger partial charge in [-0.3, -0.25) is 15.1 Å². The number of likely N-dealkylation sites (N-methyl/N-ethyl adjacent to an activating group) is 2. The zero-order chi connectivity index (χ0) is 7.56. The zero-order valence-corrected chi connectivity index (χ0v) is 6.37. The molecule has 1 heterocycles. The lowest BCUT2D eigenvalue weighted by Gasteiger charge is -2.36. The van der Waals surface area contributed by atoms with Crippen molar-refractivity contribution in [1.29, 1.82) is 0 Å². The van der Waals surface area contributed by atoms with Crippen LogP contribution in [-0.2, 0) is 4.79 Å². The molecule has 1 fully saturated rings. The molecule has 0 spiro atoms. The van der Waals surface area contributed by atoms with Crippen LogP contribution >= 0.6 is 0 Å². The molecule has 10 heavy (non-hydrogen) atoms. The van der Waals surface area contributed by atoms with Crippen LogP contribution in [0.5, 0.6) is 0 Å². The van der Waals surface area contributed by atoms with Crippen LogP contribution in [0.25, 0.3) is 0 Å². The molecule has 0 unspecified atom stereocenters. The lowest BCUT2D eigenvalue weighted by atomic mass is 10.4. The van der Waals surface area contributed by atoms with E-state index in [9.17, 15) is 4.79 Å². The fourth-order valence-electron chi connectivity index (χ4n) is 1.13. The molecule has 1 N–H and O–H groups in total. The van der Waals surface area contributed by atoms with E-state index in [0.717, 1.165) is 19.6 Å². The first kappa shape index (κ1) is 7.65. The lowest BCUT2D eigenvalue weighted by Crippen LogP contribution is -2.57. The fourth-order valence-corrected chi connectivity index (χ4v) is 1.13. The number of carbonyl (C=O) groups is 1. The summed E-state index contributed by atoms with van der Waals surface area (Å²) >= 11 is 0. The molecule has 1 aliphatic rings. The standard InChI is InChI=1S/C6H13N3O/c1-8-4-7-5-9(2)6(8)3-10/h3,6-7H,4-5H2,1-2H3. The maximum atomic E-state index is 10.5. The van der Waals surface area contributed by atoms with E-state index >= 15 is 0 Å². The molecular weight excluding hydrogens is 130 g/mol. The van der Waals surface area contributed by atoms with Crippen LogP contribution in [0.2, 0.25) is 0 Å². The second-order valence-corrected chi connectivity index (χ2v) is 2.63. The average Bonchev–Trinajstić information content (AvgIpc) is 1.88. The van der Waals surface area contributed by atoms with E-state index in [-0.39, 0.29) is 6.17 Å². The Labute approximate surface area is 60.8 Å². The van der Waals surface area contributed by atoms with Crippen molar-refractivity contribution in [2.75, 3.05) is 27.4 Å². The third-order valence-corrected chi connectivity index (χ3v) is 1.75. The van der Waals surface area contributed by atoms with Gasteiger partial charge < -0.3 is 4.79 Å². The van der Waals surface area contributed by atoms with Crippen molar-refractivity contribution < 1.29 is 4.79 Å². The average molecular weight is 143 g/mol. The number of hydrogen-bond acceptors (Lipinski definition) is 4. The molecular formula is C6H13N3O. The van der Waals surface area contributed by atoms with Crippen LogP contribution in [0, 0.1) is 0 Å². The molecule has 0 aromatic rings. The van der Waals surface area contributed by atoms with Crippen LogP contribution in [0.1, 0.15) is 0 Å². The highest BCUT2D eigenvalue weighted by atomic mass is 16.1. The third kappa shape index (κ3) is 1.34. The predicted molar refractivity (Wildman–Crippen MR) is 38.2 cm³/mol. The molecule has 58 valence electrons. The molecule has 0 saturated carbocycles. The molecule has 0 radical (unpaired) electrons. The first-order valence-electron chi connectivity index (χ1n) is 3.32. The molecule has 4 heteroatoms. The van der Waals surface area contributed by atoms with Gasteiger partial charge in [-0.1, -0.05) is 0 Å². The van der Waals surface area contributed by atoms with E-state index in [0.29, 0.717) is 0 Å². The predicted octanol–water partition coefficient (Wildman–Crippen LogP) is -1.11. The summed E-state index contributed by atoms with van der Waals surface area (Å²) in [4.78, 5) is 14.4. The number of carbonyl (C=O) groups excluding carboxylic acids is 1. The summed E-state index contributed by atoms with van der Waals surface area (Å²) in [5.74, 6) is 0. The van der Waals surface area contributed by atoms with Crippen LogP contribution in [0.15, 0.2) is 0 Å². The van der Waals surface area contributed by atoms with Gasteiger partial charge >= 0.3 is 0 Å². The van der Waals surface area contributed by atoms with E-state index in [1.807, 2.05) is 23.9 Å². The normalized spacial score (nSPS) is 25.0. The minimum absolute atomic E-state index is 0.0544. The summed E-state index contributed by atoms with van der Waals surface area (Å²) in [6, 6.07) is 0. The van der Waals surface area contributed by atoms with Gasteiger partial charge in [0, 0.05) is 0 Å². The smallest absolute Gasteiger partial charge is 0.151 e. The van der Waals surface area contributed by atoms with Gasteiger partial charge in [-0.2, -0.15) is 0 Å². The first-order chi connectivity index (χ1) is 4.75. The Morgan fingerprint density at radius 2 is 1.90 bits per heavy atom. The van der Waals surface area contributed by atoms with Crippen molar-refractivity contribution >= 4 is 6.29 Å². The minimum atomic E-state index is -0.0544. The Bertz CT molecular complexity index is 118. The Balaban J connectivity index is 2.53. The highest BCUT2D eigenvalue weighted by Crippen LogP contribution is 2.00. The maximum Gasteiger partial charge on any atom is 0.151 e. The molecule has 0 aromatic carbocycles. The summed E-state index contributed by atoms with van der Waals surface area (Å²) in [6.45, 7) is 1.57. The van der Waals surface area contributed by atoms with Gasteiger partial charge in [0.15, 0.2) is 6.29 Å². The fraction of sp³-hybridized carbons (Fsp3) is 0.833. The van der Waals surface area contributed by atoms with E-state index in [2.05, 4.69) is 5.32 Å². The molecule has 0 bridgehead atoms. The van der Waals surface area contributed by atoms with Crippen LogP contribution in [0.4, 0.5) is 0 Å². The third-order valence-electron chi connectivity index (χ3n) is 1.75. The van der Waals surface area contributed by atoms with Gasteiger partial charge in [0.05, 0.1) is 13.3 Å². The van der Waals surface area contributed by atoms with Crippen molar-refractivity contribution in [3.63, 3.8) is 0 Å². The Morgan fingerprint density at radius 3 is 2.20 bits per heavy atom. The highest BCUT2D eigenvalue weighted by Gasteiger charge is 2.21.